The Morgan fingerprint density at radius 3 is 2.43 bits per heavy atom. The summed E-state index contributed by atoms with van der Waals surface area (Å²) in [5.41, 5.74) is 3.23. The molecular weight excluding hydrogens is 366 g/mol. The first-order chi connectivity index (χ1) is 13.8. The molecule has 1 aromatic carbocycles. The van der Waals surface area contributed by atoms with Crippen molar-refractivity contribution in [3.05, 3.63) is 60.1 Å². The molecule has 5 rings (SSSR count). The minimum atomic E-state index is 0.698. The topological polar surface area (TPSA) is 45.2 Å². The molecule has 1 aliphatic heterocycles. The zero-order chi connectivity index (χ0) is 18.9. The molecule has 1 fully saturated rings. The van der Waals surface area contributed by atoms with Crippen LogP contribution < -0.4 is 4.90 Å². The van der Waals surface area contributed by atoms with Crippen LogP contribution in [0.2, 0.25) is 0 Å². The van der Waals surface area contributed by atoms with E-state index in [4.69, 9.17) is 9.97 Å². The molecule has 0 N–H and O–H groups in total. The molecule has 1 aliphatic rings. The summed E-state index contributed by atoms with van der Waals surface area (Å²) in [6.07, 6.45) is 1.79. The van der Waals surface area contributed by atoms with E-state index in [1.54, 1.807) is 17.5 Å². The van der Waals surface area contributed by atoms with Crippen LogP contribution in [0, 0.1) is 0 Å². The maximum Gasteiger partial charge on any atom is 0.181 e. The molecule has 0 saturated carbocycles. The van der Waals surface area contributed by atoms with Crippen LogP contribution in [-0.4, -0.2) is 53.1 Å². The normalized spacial score (nSPS) is 15.2. The summed E-state index contributed by atoms with van der Waals surface area (Å²) in [6.45, 7) is 4.01. The summed E-state index contributed by atoms with van der Waals surface area (Å²) in [7, 11) is 2.17. The van der Waals surface area contributed by atoms with Crippen molar-refractivity contribution in [3.63, 3.8) is 0 Å². The van der Waals surface area contributed by atoms with Crippen LogP contribution in [0.25, 0.3) is 32.9 Å². The number of anilines is 1. The number of likely N-dealkylation sites (N-methyl/N-ethyl adjacent to an activating group) is 1. The van der Waals surface area contributed by atoms with Crippen LogP contribution in [0.4, 0.5) is 5.82 Å². The fraction of sp³-hybridized carbons (Fsp3) is 0.227. The second kappa shape index (κ2) is 7.30. The summed E-state index contributed by atoms with van der Waals surface area (Å²) in [5.74, 6) is 1.72. The van der Waals surface area contributed by atoms with Crippen molar-refractivity contribution in [1.29, 1.82) is 0 Å². The third kappa shape index (κ3) is 3.15. The third-order valence-corrected chi connectivity index (χ3v) is 6.07. The molecule has 28 heavy (non-hydrogen) atoms. The zero-order valence-electron chi connectivity index (χ0n) is 15.7. The highest BCUT2D eigenvalue weighted by atomic mass is 32.1. The average Bonchev–Trinajstić information content (AvgIpc) is 3.19. The summed E-state index contributed by atoms with van der Waals surface area (Å²) < 4.78 is 0. The number of pyridine rings is 1. The molecule has 0 atom stereocenters. The third-order valence-electron chi connectivity index (χ3n) is 5.20. The molecule has 0 amide bonds. The Morgan fingerprint density at radius 1 is 0.893 bits per heavy atom. The van der Waals surface area contributed by atoms with Gasteiger partial charge in [0.15, 0.2) is 5.82 Å². The number of nitrogens with zero attached hydrogens (tertiary/aromatic N) is 5. The van der Waals surface area contributed by atoms with Gasteiger partial charge in [-0.15, -0.1) is 11.3 Å². The molecule has 6 heteroatoms. The fourth-order valence-corrected chi connectivity index (χ4v) is 4.55. The predicted molar refractivity (Wildman–Crippen MR) is 116 cm³/mol. The van der Waals surface area contributed by atoms with Gasteiger partial charge >= 0.3 is 0 Å². The number of aromatic nitrogens is 3. The molecule has 140 valence electrons. The number of fused-ring (bicyclic) bond motifs is 1. The van der Waals surface area contributed by atoms with Gasteiger partial charge in [-0.1, -0.05) is 36.4 Å². The summed E-state index contributed by atoms with van der Waals surface area (Å²) in [4.78, 5) is 20.1. The predicted octanol–water partition coefficient (Wildman–Crippen LogP) is 4.17. The highest BCUT2D eigenvalue weighted by molar-refractivity contribution is 7.17. The smallest absolute Gasteiger partial charge is 0.181 e. The van der Waals surface area contributed by atoms with E-state index in [9.17, 15) is 0 Å². The van der Waals surface area contributed by atoms with E-state index in [0.29, 0.717) is 5.82 Å². The Morgan fingerprint density at radius 2 is 1.68 bits per heavy atom. The minimum Gasteiger partial charge on any atom is -0.353 e. The molecule has 0 unspecified atom stereocenters. The number of hydrogen-bond acceptors (Lipinski definition) is 6. The van der Waals surface area contributed by atoms with Gasteiger partial charge in [-0.05, 0) is 24.7 Å². The van der Waals surface area contributed by atoms with E-state index in [-0.39, 0.29) is 0 Å². The summed E-state index contributed by atoms with van der Waals surface area (Å²) in [5, 5.41) is 3.36. The van der Waals surface area contributed by atoms with Gasteiger partial charge < -0.3 is 9.80 Å². The molecule has 0 radical (unpaired) electrons. The van der Waals surface area contributed by atoms with E-state index in [0.717, 1.165) is 47.9 Å². The van der Waals surface area contributed by atoms with E-state index < -0.39 is 0 Å². The van der Waals surface area contributed by atoms with Gasteiger partial charge in [0.05, 0.1) is 5.39 Å². The first-order valence-corrected chi connectivity index (χ1v) is 10.4. The standard InChI is InChI=1S/C22H21N5S/c1-26-11-13-27(14-12-26)21-19-17(16-7-3-2-4-8-16)15-28-22(19)25-20(24-21)18-9-5-6-10-23-18/h2-10,15H,11-14H2,1H3. The van der Waals surface area contributed by atoms with Crippen LogP contribution >= 0.6 is 11.3 Å². The van der Waals surface area contributed by atoms with Gasteiger partial charge in [-0.3, -0.25) is 4.98 Å². The van der Waals surface area contributed by atoms with Gasteiger partial charge in [0.1, 0.15) is 16.3 Å². The molecule has 0 bridgehead atoms. The minimum absolute atomic E-state index is 0.698. The van der Waals surface area contributed by atoms with Crippen LogP contribution in [-0.2, 0) is 0 Å². The van der Waals surface area contributed by atoms with Crippen LogP contribution in [0.15, 0.2) is 60.1 Å². The van der Waals surface area contributed by atoms with E-state index >= 15 is 0 Å². The first kappa shape index (κ1) is 17.3. The Hall–Kier alpha value is -2.83. The van der Waals surface area contributed by atoms with Crippen molar-refractivity contribution in [1.82, 2.24) is 19.9 Å². The van der Waals surface area contributed by atoms with Crippen molar-refractivity contribution >= 4 is 27.4 Å². The number of rotatable bonds is 3. The molecule has 0 aliphatic carbocycles. The van der Waals surface area contributed by atoms with Crippen molar-refractivity contribution in [3.8, 4) is 22.6 Å². The Labute approximate surface area is 168 Å². The van der Waals surface area contributed by atoms with Crippen molar-refractivity contribution < 1.29 is 0 Å². The first-order valence-electron chi connectivity index (χ1n) is 9.49. The number of hydrogen-bond donors (Lipinski definition) is 0. The van der Waals surface area contributed by atoms with Crippen LogP contribution in [0.1, 0.15) is 0 Å². The largest absolute Gasteiger partial charge is 0.353 e. The Kier molecular flexibility index (Phi) is 4.50. The van der Waals surface area contributed by atoms with E-state index in [2.05, 4.69) is 57.5 Å². The molecular formula is C22H21N5S. The lowest BCUT2D eigenvalue weighted by atomic mass is 10.1. The quantitative estimate of drug-likeness (QED) is 0.528. The van der Waals surface area contributed by atoms with E-state index in [1.165, 1.54) is 11.1 Å². The molecule has 3 aromatic heterocycles. The fourth-order valence-electron chi connectivity index (χ4n) is 3.61. The monoisotopic (exact) mass is 387 g/mol. The van der Waals surface area contributed by atoms with Gasteiger partial charge in [-0.25, -0.2) is 9.97 Å². The highest BCUT2D eigenvalue weighted by Gasteiger charge is 2.23. The number of piperazine rings is 1. The van der Waals surface area contributed by atoms with Gasteiger partial charge in [-0.2, -0.15) is 0 Å². The Balaban J connectivity index is 1.71. The molecule has 4 aromatic rings. The Bertz CT molecular complexity index is 1090. The molecule has 0 spiro atoms. The van der Waals surface area contributed by atoms with Crippen molar-refractivity contribution in [2.75, 3.05) is 38.1 Å². The van der Waals surface area contributed by atoms with Crippen molar-refractivity contribution in [2.24, 2.45) is 0 Å². The van der Waals surface area contributed by atoms with E-state index in [1.807, 2.05) is 18.2 Å². The SMILES string of the molecule is CN1CCN(c2nc(-c3ccccn3)nc3scc(-c4ccccc4)c23)CC1. The van der Waals surface area contributed by atoms with Crippen LogP contribution in [0.3, 0.4) is 0 Å². The highest BCUT2D eigenvalue weighted by Crippen LogP contribution is 2.39. The lowest BCUT2D eigenvalue weighted by molar-refractivity contribution is 0.312. The molecule has 5 nitrogen and oxygen atoms in total. The molecule has 4 heterocycles. The summed E-state index contributed by atoms with van der Waals surface area (Å²) >= 11 is 1.68. The van der Waals surface area contributed by atoms with Crippen LogP contribution in [0.5, 0.6) is 0 Å². The number of benzene rings is 1. The van der Waals surface area contributed by atoms with Gasteiger partial charge in [0.2, 0.25) is 0 Å². The van der Waals surface area contributed by atoms with Crippen molar-refractivity contribution in [2.45, 2.75) is 0 Å². The second-order valence-corrected chi connectivity index (χ2v) is 7.93. The number of thiophene rings is 1. The van der Waals surface area contributed by atoms with Gasteiger partial charge in [0, 0.05) is 43.3 Å². The average molecular weight is 388 g/mol. The lowest BCUT2D eigenvalue weighted by Gasteiger charge is -2.33. The molecule has 1 saturated heterocycles. The van der Waals surface area contributed by atoms with Gasteiger partial charge in [0.25, 0.3) is 0 Å². The maximum atomic E-state index is 5.02. The maximum absolute atomic E-state index is 5.02. The zero-order valence-corrected chi connectivity index (χ0v) is 16.6. The second-order valence-electron chi connectivity index (χ2n) is 7.07. The lowest BCUT2D eigenvalue weighted by Crippen LogP contribution is -2.45. The summed E-state index contributed by atoms with van der Waals surface area (Å²) in [6, 6.07) is 16.4.